The molecule has 0 unspecified atom stereocenters. The lowest BCUT2D eigenvalue weighted by atomic mass is 10.0. The fraction of sp³-hybridized carbons (Fsp3) is 0.583. The first-order valence-electron chi connectivity index (χ1n) is 11.2. The van der Waals surface area contributed by atoms with E-state index in [1.807, 2.05) is 56.8 Å². The third kappa shape index (κ3) is 6.00. The molecule has 2 N–H and O–H groups in total. The average molecular weight is 429 g/mol. The van der Waals surface area contributed by atoms with Crippen LogP contribution in [0.15, 0.2) is 30.5 Å². The quantitative estimate of drug-likeness (QED) is 0.710. The number of benzene rings is 1. The van der Waals surface area contributed by atoms with Crippen LogP contribution in [0.4, 0.5) is 4.79 Å². The van der Waals surface area contributed by atoms with Gasteiger partial charge in [0, 0.05) is 43.2 Å². The number of nitrogens with one attached hydrogen (secondary N) is 2. The van der Waals surface area contributed by atoms with E-state index in [1.165, 1.54) is 0 Å². The Hall–Kier alpha value is -2.54. The number of nitrogens with zero attached hydrogens (tertiary/aromatic N) is 2. The lowest BCUT2D eigenvalue weighted by Crippen LogP contribution is -2.51. The maximum absolute atomic E-state index is 13.1. The van der Waals surface area contributed by atoms with Crippen molar-refractivity contribution in [1.82, 2.24) is 20.1 Å². The van der Waals surface area contributed by atoms with Gasteiger partial charge >= 0.3 is 6.09 Å². The number of likely N-dealkylation sites (N-methyl/N-ethyl adjacent to an activating group) is 1. The summed E-state index contributed by atoms with van der Waals surface area (Å²) in [4.78, 5) is 28.0. The van der Waals surface area contributed by atoms with Gasteiger partial charge in [-0.05, 0) is 58.3 Å². The molecule has 2 heterocycles. The van der Waals surface area contributed by atoms with Crippen molar-refractivity contribution in [3.63, 3.8) is 0 Å². The smallest absolute Gasteiger partial charge is 0.408 e. The molecule has 1 aromatic heterocycles. The third-order valence-electron chi connectivity index (χ3n) is 5.83. The zero-order valence-corrected chi connectivity index (χ0v) is 19.4. The molecule has 0 spiro atoms. The number of aryl methyl sites for hydroxylation is 1. The van der Waals surface area contributed by atoms with Crippen LogP contribution in [0.1, 0.15) is 46.1 Å². The van der Waals surface area contributed by atoms with Crippen molar-refractivity contribution >= 4 is 22.9 Å². The van der Waals surface area contributed by atoms with Gasteiger partial charge in [-0.15, -0.1) is 0 Å². The standard InChI is InChI=1S/C24H36N4O3/c1-6-28-13-9-10-18(28)15-25-22(29)20(26-23(30)31-24(2,3)4)14-17-16-27(5)21-12-8-7-11-19(17)21/h7-8,11-12,16,18,20H,6,9-10,13-15H2,1-5H3,(H,25,29)(H,26,30)/t18-,20-/m0/s1. The Labute approximate surface area is 185 Å². The maximum Gasteiger partial charge on any atom is 0.408 e. The SMILES string of the molecule is CCN1CCC[C@H]1CNC(=O)[C@H](Cc1cn(C)c2ccccc12)NC(=O)OC(C)(C)C. The van der Waals surface area contributed by atoms with Crippen LogP contribution < -0.4 is 10.6 Å². The summed E-state index contributed by atoms with van der Waals surface area (Å²) in [6, 6.07) is 7.72. The number of alkyl carbamates (subject to hydrolysis) is 1. The summed E-state index contributed by atoms with van der Waals surface area (Å²) in [5.41, 5.74) is 1.49. The first kappa shape index (κ1) is 23.1. The highest BCUT2D eigenvalue weighted by Gasteiger charge is 2.28. The molecule has 2 atom stereocenters. The van der Waals surface area contributed by atoms with Crippen molar-refractivity contribution in [2.24, 2.45) is 7.05 Å². The normalized spacial score (nSPS) is 18.2. The number of amides is 2. The minimum absolute atomic E-state index is 0.179. The zero-order valence-electron chi connectivity index (χ0n) is 19.4. The number of hydrogen-bond donors (Lipinski definition) is 2. The van der Waals surface area contributed by atoms with E-state index in [1.54, 1.807) is 0 Å². The van der Waals surface area contributed by atoms with Gasteiger partial charge in [-0.3, -0.25) is 9.69 Å². The molecule has 1 saturated heterocycles. The number of carbonyl (C=O) groups is 2. The molecular formula is C24H36N4O3. The lowest BCUT2D eigenvalue weighted by molar-refractivity contribution is -0.123. The van der Waals surface area contributed by atoms with E-state index in [9.17, 15) is 9.59 Å². The number of fused-ring (bicyclic) bond motifs is 1. The Balaban J connectivity index is 1.75. The highest BCUT2D eigenvalue weighted by molar-refractivity contribution is 5.88. The Morgan fingerprint density at radius 3 is 2.71 bits per heavy atom. The molecule has 7 heteroatoms. The van der Waals surface area contributed by atoms with E-state index >= 15 is 0 Å². The molecule has 0 aliphatic carbocycles. The second kappa shape index (κ2) is 9.73. The van der Waals surface area contributed by atoms with Crippen molar-refractivity contribution in [1.29, 1.82) is 0 Å². The molecule has 2 amide bonds. The Morgan fingerprint density at radius 2 is 2.00 bits per heavy atom. The van der Waals surface area contributed by atoms with Gasteiger partial charge in [0.25, 0.3) is 0 Å². The highest BCUT2D eigenvalue weighted by atomic mass is 16.6. The first-order chi connectivity index (χ1) is 14.7. The summed E-state index contributed by atoms with van der Waals surface area (Å²) in [6.45, 7) is 10.2. The minimum Gasteiger partial charge on any atom is -0.444 e. The number of ether oxygens (including phenoxy) is 1. The van der Waals surface area contributed by atoms with Gasteiger partial charge in [-0.1, -0.05) is 25.1 Å². The van der Waals surface area contributed by atoms with E-state index in [-0.39, 0.29) is 5.91 Å². The number of rotatable bonds is 7. The number of carbonyl (C=O) groups excluding carboxylic acids is 2. The van der Waals surface area contributed by atoms with Gasteiger partial charge in [0.2, 0.25) is 5.91 Å². The van der Waals surface area contributed by atoms with Crippen molar-refractivity contribution in [3.05, 3.63) is 36.0 Å². The van der Waals surface area contributed by atoms with Crippen LogP contribution >= 0.6 is 0 Å². The van der Waals surface area contributed by atoms with Gasteiger partial charge in [0.05, 0.1) is 0 Å². The molecule has 1 aromatic carbocycles. The topological polar surface area (TPSA) is 75.6 Å². The molecule has 2 aromatic rings. The first-order valence-corrected chi connectivity index (χ1v) is 11.2. The summed E-state index contributed by atoms with van der Waals surface area (Å²) in [7, 11) is 1.99. The molecule has 0 bridgehead atoms. The van der Waals surface area contributed by atoms with Gasteiger partial charge in [0.1, 0.15) is 11.6 Å². The van der Waals surface area contributed by atoms with Crippen molar-refractivity contribution < 1.29 is 14.3 Å². The Morgan fingerprint density at radius 1 is 1.26 bits per heavy atom. The molecular weight excluding hydrogens is 392 g/mol. The molecule has 1 aliphatic rings. The second-order valence-corrected chi connectivity index (χ2v) is 9.36. The van der Waals surface area contributed by atoms with E-state index < -0.39 is 17.7 Å². The minimum atomic E-state index is -0.711. The fourth-order valence-electron chi connectivity index (χ4n) is 4.35. The van der Waals surface area contributed by atoms with Crippen LogP contribution in [0, 0.1) is 0 Å². The predicted molar refractivity (Wildman–Crippen MR) is 123 cm³/mol. The largest absolute Gasteiger partial charge is 0.444 e. The summed E-state index contributed by atoms with van der Waals surface area (Å²) >= 11 is 0. The molecule has 0 saturated carbocycles. The van der Waals surface area contributed by atoms with Crippen molar-refractivity contribution in [2.75, 3.05) is 19.6 Å². The van der Waals surface area contributed by atoms with Crippen LogP contribution in [-0.4, -0.2) is 58.8 Å². The number of para-hydroxylation sites is 1. The average Bonchev–Trinajstić information content (AvgIpc) is 3.28. The molecule has 0 radical (unpaired) electrons. The zero-order chi connectivity index (χ0) is 22.6. The molecule has 31 heavy (non-hydrogen) atoms. The van der Waals surface area contributed by atoms with Crippen LogP contribution in [0.5, 0.6) is 0 Å². The molecule has 170 valence electrons. The number of likely N-dealkylation sites (tertiary alicyclic amines) is 1. The summed E-state index contributed by atoms with van der Waals surface area (Å²) < 4.78 is 7.46. The van der Waals surface area contributed by atoms with E-state index in [0.717, 1.165) is 42.4 Å². The second-order valence-electron chi connectivity index (χ2n) is 9.36. The van der Waals surface area contributed by atoms with Gasteiger partial charge < -0.3 is 19.9 Å². The molecule has 3 rings (SSSR count). The van der Waals surface area contributed by atoms with Crippen LogP contribution in [0.3, 0.4) is 0 Å². The Kier molecular flexibility index (Phi) is 7.26. The monoisotopic (exact) mass is 428 g/mol. The highest BCUT2D eigenvalue weighted by Crippen LogP contribution is 2.22. The van der Waals surface area contributed by atoms with Gasteiger partial charge in [-0.25, -0.2) is 4.79 Å². The lowest BCUT2D eigenvalue weighted by Gasteiger charge is -2.26. The summed E-state index contributed by atoms with van der Waals surface area (Å²) in [5, 5.41) is 6.96. The number of hydrogen-bond acceptors (Lipinski definition) is 4. The third-order valence-corrected chi connectivity index (χ3v) is 5.83. The fourth-order valence-corrected chi connectivity index (χ4v) is 4.35. The molecule has 7 nitrogen and oxygen atoms in total. The molecule has 1 fully saturated rings. The van der Waals surface area contributed by atoms with Gasteiger partial charge in [-0.2, -0.15) is 0 Å². The molecule has 1 aliphatic heterocycles. The van der Waals surface area contributed by atoms with Crippen molar-refractivity contribution in [2.45, 2.75) is 64.6 Å². The number of aromatic nitrogens is 1. The van der Waals surface area contributed by atoms with E-state index in [2.05, 4.69) is 28.5 Å². The van der Waals surface area contributed by atoms with Crippen molar-refractivity contribution in [3.8, 4) is 0 Å². The summed E-state index contributed by atoms with van der Waals surface area (Å²) in [6.07, 6.45) is 4.08. The van der Waals surface area contributed by atoms with Crippen LogP contribution in [0.25, 0.3) is 10.9 Å². The Bertz CT molecular complexity index is 915. The van der Waals surface area contributed by atoms with Crippen LogP contribution in [0.2, 0.25) is 0 Å². The van der Waals surface area contributed by atoms with E-state index in [4.69, 9.17) is 4.74 Å². The van der Waals surface area contributed by atoms with E-state index in [0.29, 0.717) is 19.0 Å². The van der Waals surface area contributed by atoms with Crippen LogP contribution in [-0.2, 0) is 23.0 Å². The maximum atomic E-state index is 13.1. The van der Waals surface area contributed by atoms with Gasteiger partial charge in [0.15, 0.2) is 0 Å². The summed E-state index contributed by atoms with van der Waals surface area (Å²) in [5.74, 6) is -0.179. The predicted octanol–water partition coefficient (Wildman–Crippen LogP) is 3.21.